The molecule has 2 heterocycles. The van der Waals surface area contributed by atoms with Crippen LogP contribution in [0.2, 0.25) is 0 Å². The molecule has 0 radical (unpaired) electrons. The summed E-state index contributed by atoms with van der Waals surface area (Å²) < 4.78 is 40.2. The lowest BCUT2D eigenvalue weighted by molar-refractivity contribution is -0.137. The fraction of sp³-hybridized carbons (Fsp3) is 0.286. The van der Waals surface area contributed by atoms with Gasteiger partial charge in [-0.1, -0.05) is 30.3 Å². The van der Waals surface area contributed by atoms with Crippen molar-refractivity contribution in [2.75, 3.05) is 38.8 Å². The molecule has 2 aromatic rings. The molecule has 4 rings (SSSR count). The van der Waals surface area contributed by atoms with E-state index >= 15 is 0 Å². The number of hydrazone groups is 1. The number of amides is 1. The second-order valence-electron chi connectivity index (χ2n) is 7.38. The summed E-state index contributed by atoms with van der Waals surface area (Å²) in [5.74, 6) is 0.282. The molecule has 2 aliphatic heterocycles. The highest BCUT2D eigenvalue weighted by molar-refractivity contribution is 6.21. The first-order valence-corrected chi connectivity index (χ1v) is 9.35. The highest BCUT2D eigenvalue weighted by Gasteiger charge is 2.35. The number of hydrogen-bond acceptors (Lipinski definition) is 5. The molecule has 0 saturated heterocycles. The Morgan fingerprint density at radius 3 is 2.50 bits per heavy atom. The van der Waals surface area contributed by atoms with Gasteiger partial charge in [0.05, 0.1) is 30.2 Å². The minimum Gasteiger partial charge on any atom is -0.317 e. The predicted octanol–water partition coefficient (Wildman–Crippen LogP) is 3.04. The van der Waals surface area contributed by atoms with Crippen LogP contribution in [0.4, 0.5) is 18.9 Å². The number of aliphatic imine (C=N–C) groups is 1. The monoisotopic (exact) mass is 415 g/mol. The lowest BCUT2D eigenvalue weighted by Crippen LogP contribution is -2.50. The molecule has 0 unspecified atom stereocenters. The Morgan fingerprint density at radius 2 is 1.83 bits per heavy atom. The smallest absolute Gasteiger partial charge is 0.317 e. The van der Waals surface area contributed by atoms with Gasteiger partial charge in [-0.15, -0.1) is 0 Å². The van der Waals surface area contributed by atoms with Gasteiger partial charge in [0.2, 0.25) is 0 Å². The van der Waals surface area contributed by atoms with Gasteiger partial charge in [-0.3, -0.25) is 14.7 Å². The Kier molecular flexibility index (Phi) is 5.07. The quantitative estimate of drug-likeness (QED) is 0.775. The van der Waals surface area contributed by atoms with Crippen molar-refractivity contribution in [1.82, 2.24) is 9.91 Å². The summed E-state index contributed by atoms with van der Waals surface area (Å²) in [5.41, 5.74) is 1.20. The number of nitrogens with zero attached hydrogens (tertiary/aromatic N) is 5. The van der Waals surface area contributed by atoms with Gasteiger partial charge in [0.25, 0.3) is 5.91 Å². The van der Waals surface area contributed by atoms with Crippen molar-refractivity contribution in [3.05, 3.63) is 65.2 Å². The van der Waals surface area contributed by atoms with Crippen LogP contribution < -0.4 is 4.90 Å². The number of anilines is 1. The zero-order valence-corrected chi connectivity index (χ0v) is 16.5. The third-order valence-corrected chi connectivity index (χ3v) is 4.84. The summed E-state index contributed by atoms with van der Waals surface area (Å²) in [7, 11) is 3.65. The molecule has 0 spiro atoms. The normalized spacial score (nSPS) is 16.7. The summed E-state index contributed by atoms with van der Waals surface area (Å²) >= 11 is 0. The van der Waals surface area contributed by atoms with Crippen molar-refractivity contribution in [2.45, 2.75) is 6.18 Å². The van der Waals surface area contributed by atoms with E-state index in [1.807, 2.05) is 37.2 Å². The fourth-order valence-corrected chi connectivity index (χ4v) is 3.49. The van der Waals surface area contributed by atoms with Crippen LogP contribution >= 0.6 is 0 Å². The van der Waals surface area contributed by atoms with Crippen molar-refractivity contribution >= 4 is 23.1 Å². The molecule has 0 fully saturated rings. The van der Waals surface area contributed by atoms with Crippen molar-refractivity contribution in [2.24, 2.45) is 10.1 Å². The summed E-state index contributed by atoms with van der Waals surface area (Å²) in [4.78, 5) is 20.7. The van der Waals surface area contributed by atoms with Crippen LogP contribution in [0, 0.1) is 0 Å². The average molecular weight is 415 g/mol. The number of rotatable bonds is 3. The maximum atomic E-state index is 13.4. The van der Waals surface area contributed by atoms with Gasteiger partial charge in [0.1, 0.15) is 6.54 Å². The van der Waals surface area contributed by atoms with Crippen LogP contribution in [0.1, 0.15) is 16.7 Å². The molecule has 2 aromatic carbocycles. The number of amidine groups is 1. The molecular formula is C21H20F3N5O. The van der Waals surface area contributed by atoms with E-state index in [0.717, 1.165) is 12.1 Å². The third kappa shape index (κ3) is 3.80. The molecule has 156 valence electrons. The molecule has 0 saturated carbocycles. The largest absolute Gasteiger partial charge is 0.416 e. The lowest BCUT2D eigenvalue weighted by atomic mass is 9.97. The fourth-order valence-electron chi connectivity index (χ4n) is 3.49. The first-order valence-electron chi connectivity index (χ1n) is 9.35. The second kappa shape index (κ2) is 7.56. The molecule has 2 aliphatic rings. The van der Waals surface area contributed by atoms with Crippen LogP contribution in [-0.4, -0.2) is 61.2 Å². The summed E-state index contributed by atoms with van der Waals surface area (Å²) in [5, 5.41) is 5.80. The van der Waals surface area contributed by atoms with Crippen molar-refractivity contribution < 1.29 is 18.0 Å². The van der Waals surface area contributed by atoms with E-state index in [1.165, 1.54) is 11.1 Å². The molecule has 9 heteroatoms. The van der Waals surface area contributed by atoms with Gasteiger partial charge in [-0.2, -0.15) is 18.3 Å². The maximum Gasteiger partial charge on any atom is 0.416 e. The molecule has 0 aromatic heterocycles. The van der Waals surface area contributed by atoms with Crippen molar-refractivity contribution in [3.63, 3.8) is 0 Å². The van der Waals surface area contributed by atoms with Crippen LogP contribution in [0.25, 0.3) is 0 Å². The number of benzene rings is 2. The second-order valence-corrected chi connectivity index (χ2v) is 7.38. The molecule has 0 bridgehead atoms. The minimum atomic E-state index is -4.49. The number of carbonyl (C=O) groups excluding carboxylic acids is 1. The van der Waals surface area contributed by atoms with Crippen LogP contribution in [0.5, 0.6) is 0 Å². The standard InChI is InChI=1S/C21H20F3N5O/c1-27(2)13-29-19(30)12-28-17-9-8-15(21(22,23)24)10-16(17)20(25-11-18(28)26-29)14-6-4-3-5-7-14/h3-10H,11-13H2,1-2H3. The summed E-state index contributed by atoms with van der Waals surface area (Å²) in [6.07, 6.45) is -4.49. The first-order chi connectivity index (χ1) is 14.2. The highest BCUT2D eigenvalue weighted by atomic mass is 19.4. The summed E-state index contributed by atoms with van der Waals surface area (Å²) in [6.45, 7) is 0.450. The zero-order valence-electron chi connectivity index (χ0n) is 16.5. The zero-order chi connectivity index (χ0) is 21.5. The van der Waals surface area contributed by atoms with Gasteiger partial charge in [0, 0.05) is 11.1 Å². The Labute approximate surface area is 171 Å². The third-order valence-electron chi connectivity index (χ3n) is 4.84. The molecule has 1 amide bonds. The van der Waals surface area contributed by atoms with Gasteiger partial charge < -0.3 is 4.90 Å². The molecule has 6 nitrogen and oxygen atoms in total. The molecule has 0 aliphatic carbocycles. The van der Waals surface area contributed by atoms with Gasteiger partial charge in [0.15, 0.2) is 5.84 Å². The Bertz CT molecular complexity index is 1030. The van der Waals surface area contributed by atoms with Crippen LogP contribution in [-0.2, 0) is 11.0 Å². The van der Waals surface area contributed by atoms with E-state index < -0.39 is 11.7 Å². The Balaban J connectivity index is 1.87. The van der Waals surface area contributed by atoms with Crippen molar-refractivity contribution in [1.29, 1.82) is 0 Å². The van der Waals surface area contributed by atoms with E-state index in [1.54, 1.807) is 17.0 Å². The molecule has 0 N–H and O–H groups in total. The molecule has 0 atom stereocenters. The highest BCUT2D eigenvalue weighted by Crippen LogP contribution is 2.35. The van der Waals surface area contributed by atoms with Crippen molar-refractivity contribution in [3.8, 4) is 0 Å². The van der Waals surface area contributed by atoms with E-state index in [0.29, 0.717) is 35.0 Å². The van der Waals surface area contributed by atoms with E-state index in [9.17, 15) is 18.0 Å². The molecule has 30 heavy (non-hydrogen) atoms. The lowest BCUT2D eigenvalue weighted by Gasteiger charge is -2.34. The predicted molar refractivity (Wildman–Crippen MR) is 109 cm³/mol. The number of carbonyl (C=O) groups is 1. The van der Waals surface area contributed by atoms with Gasteiger partial charge in [-0.25, -0.2) is 5.01 Å². The summed E-state index contributed by atoms with van der Waals surface area (Å²) in [6, 6.07) is 12.6. The maximum absolute atomic E-state index is 13.4. The van der Waals surface area contributed by atoms with E-state index in [2.05, 4.69) is 10.1 Å². The Hall–Kier alpha value is -3.20. The van der Waals surface area contributed by atoms with E-state index in [4.69, 9.17) is 0 Å². The van der Waals surface area contributed by atoms with E-state index in [-0.39, 0.29) is 19.0 Å². The van der Waals surface area contributed by atoms with Crippen LogP contribution in [0.3, 0.4) is 0 Å². The number of fused-ring (bicyclic) bond motifs is 3. The van der Waals surface area contributed by atoms with Gasteiger partial charge >= 0.3 is 6.18 Å². The van der Waals surface area contributed by atoms with Crippen LogP contribution in [0.15, 0.2) is 58.6 Å². The topological polar surface area (TPSA) is 51.5 Å². The average Bonchev–Trinajstić information content (AvgIpc) is 2.84. The SMILES string of the molecule is CN(C)CN1N=C2CN=C(c3ccccc3)c3cc(C(F)(F)F)ccc3N2CC1=O. The van der Waals surface area contributed by atoms with Gasteiger partial charge in [-0.05, 0) is 32.3 Å². The minimum absolute atomic E-state index is 0.0113. The number of halogens is 3. The first kappa shape index (κ1) is 20.1. The number of hydrogen-bond donors (Lipinski definition) is 0. The Morgan fingerprint density at radius 1 is 1.10 bits per heavy atom. The molecular weight excluding hydrogens is 395 g/mol. The number of alkyl halides is 3.